The van der Waals surface area contributed by atoms with Gasteiger partial charge in [0.05, 0.1) is 0 Å². The monoisotopic (exact) mass is 278 g/mol. The zero-order valence-corrected chi connectivity index (χ0v) is 9.34. The Kier molecular flexibility index (Phi) is 11.3. The minimum absolute atomic E-state index is 0.346. The Balaban J connectivity index is 0.000000292. The van der Waals surface area contributed by atoms with E-state index in [9.17, 15) is 0 Å². The zero-order chi connectivity index (χ0) is 8.36. The van der Waals surface area contributed by atoms with Crippen LogP contribution in [0.25, 0.3) is 0 Å². The molecule has 0 saturated heterocycles. The van der Waals surface area contributed by atoms with Crippen LogP contribution in [0.15, 0.2) is 12.2 Å². The molecule has 0 aromatic carbocycles. The van der Waals surface area contributed by atoms with Crippen LogP contribution in [0.2, 0.25) is 0 Å². The van der Waals surface area contributed by atoms with Crippen LogP contribution in [0.4, 0.5) is 0 Å². The van der Waals surface area contributed by atoms with Gasteiger partial charge >= 0.3 is 34.5 Å². The molecule has 0 atom stereocenters. The second-order valence-electron chi connectivity index (χ2n) is 1.94. The average molecular weight is 278 g/mol. The molecule has 0 unspecified atom stereocenters. The SMILES string of the molecule is [C-]1=CCC[C-]=CCC1.[Cl][Ru+2][Cl]. The van der Waals surface area contributed by atoms with Crippen molar-refractivity contribution in [2.45, 2.75) is 25.7 Å². The first-order valence-electron chi connectivity index (χ1n) is 3.37. The van der Waals surface area contributed by atoms with Crippen LogP contribution in [0, 0.1) is 12.2 Å². The van der Waals surface area contributed by atoms with Crippen molar-refractivity contribution in [1.82, 2.24) is 0 Å². The summed E-state index contributed by atoms with van der Waals surface area (Å²) in [6.07, 6.45) is 15.0. The molecule has 1 aliphatic rings. The standard InChI is InChI=1S/C8H10.2ClH.Ru/c1-2-4-6-8-7-5-3-1;;;/h1,8H,2,4-5,7H2;2*1H;/q-2;;;+4/p-2. The quantitative estimate of drug-likeness (QED) is 0.468. The Hall–Kier alpha value is 0.683. The zero-order valence-electron chi connectivity index (χ0n) is 6.09. The van der Waals surface area contributed by atoms with Gasteiger partial charge in [-0.1, -0.05) is 12.8 Å². The summed E-state index contributed by atoms with van der Waals surface area (Å²) >= 11 is -0.346. The summed E-state index contributed by atoms with van der Waals surface area (Å²) in [5.41, 5.74) is 0. The summed E-state index contributed by atoms with van der Waals surface area (Å²) in [4.78, 5) is 0. The van der Waals surface area contributed by atoms with Gasteiger partial charge in [0.15, 0.2) is 0 Å². The van der Waals surface area contributed by atoms with Gasteiger partial charge in [0.1, 0.15) is 0 Å². The second-order valence-corrected chi connectivity index (χ2v) is 4.58. The summed E-state index contributed by atoms with van der Waals surface area (Å²) in [7, 11) is 9.71. The third-order valence-electron chi connectivity index (χ3n) is 1.15. The molecule has 0 amide bonds. The molecular weight excluding hydrogens is 268 g/mol. The summed E-state index contributed by atoms with van der Waals surface area (Å²) in [5.74, 6) is 0. The van der Waals surface area contributed by atoms with E-state index in [1.165, 1.54) is 0 Å². The van der Waals surface area contributed by atoms with E-state index >= 15 is 0 Å². The van der Waals surface area contributed by atoms with E-state index in [2.05, 4.69) is 24.3 Å². The summed E-state index contributed by atoms with van der Waals surface area (Å²) in [6.45, 7) is 0. The fourth-order valence-corrected chi connectivity index (χ4v) is 0.719. The van der Waals surface area contributed by atoms with Crippen molar-refractivity contribution in [2.75, 3.05) is 0 Å². The van der Waals surface area contributed by atoms with E-state index in [1.54, 1.807) is 0 Å². The predicted molar refractivity (Wildman–Crippen MR) is 45.8 cm³/mol. The Morgan fingerprint density at radius 2 is 1.36 bits per heavy atom. The van der Waals surface area contributed by atoms with Crippen molar-refractivity contribution >= 4 is 19.4 Å². The van der Waals surface area contributed by atoms with Gasteiger partial charge in [-0.3, -0.25) is 12.2 Å². The van der Waals surface area contributed by atoms with E-state index in [0.29, 0.717) is 0 Å². The molecule has 1 aliphatic carbocycles. The van der Waals surface area contributed by atoms with Gasteiger partial charge in [-0.05, 0) is 0 Å². The third-order valence-corrected chi connectivity index (χ3v) is 1.15. The minimum atomic E-state index is -0.346. The Bertz CT molecular complexity index is 95.3. The molecule has 0 spiro atoms. The Morgan fingerprint density at radius 3 is 1.73 bits per heavy atom. The molecule has 0 aromatic rings. The molecule has 0 aliphatic heterocycles. The third kappa shape index (κ3) is 10.7. The molecule has 0 fully saturated rings. The maximum absolute atomic E-state index is 4.85. The van der Waals surface area contributed by atoms with Gasteiger partial charge in [0, 0.05) is 0 Å². The average Bonchev–Trinajstić information content (AvgIpc) is 1.86. The molecule has 0 aromatic heterocycles. The van der Waals surface area contributed by atoms with Crippen LogP contribution in [-0.4, -0.2) is 0 Å². The van der Waals surface area contributed by atoms with Gasteiger partial charge in [0.2, 0.25) is 0 Å². The van der Waals surface area contributed by atoms with Gasteiger partial charge in [-0.2, -0.15) is 12.8 Å². The van der Waals surface area contributed by atoms with Crippen LogP contribution >= 0.6 is 19.4 Å². The Labute approximate surface area is 84.3 Å². The van der Waals surface area contributed by atoms with Crippen molar-refractivity contribution in [3.8, 4) is 0 Å². The van der Waals surface area contributed by atoms with Gasteiger partial charge in [-0.25, -0.2) is 0 Å². The van der Waals surface area contributed by atoms with E-state index in [-0.39, 0.29) is 15.1 Å². The van der Waals surface area contributed by atoms with Crippen LogP contribution in [0.5, 0.6) is 0 Å². The molecule has 1 rings (SSSR count). The Morgan fingerprint density at radius 1 is 1.00 bits per heavy atom. The van der Waals surface area contributed by atoms with Crippen LogP contribution in [0.3, 0.4) is 0 Å². The number of allylic oxidation sites excluding steroid dienone is 4. The molecule has 11 heavy (non-hydrogen) atoms. The summed E-state index contributed by atoms with van der Waals surface area (Å²) < 4.78 is 0. The van der Waals surface area contributed by atoms with Crippen molar-refractivity contribution in [2.24, 2.45) is 0 Å². The van der Waals surface area contributed by atoms with Gasteiger partial charge in [-0.15, -0.1) is 0 Å². The van der Waals surface area contributed by atoms with E-state index in [1.807, 2.05) is 0 Å². The topological polar surface area (TPSA) is 0 Å². The molecule has 0 bridgehead atoms. The van der Waals surface area contributed by atoms with Crippen LogP contribution in [-0.2, 0) is 15.1 Å². The van der Waals surface area contributed by atoms with Crippen LogP contribution in [0.1, 0.15) is 25.7 Å². The molecule has 0 radical (unpaired) electrons. The summed E-state index contributed by atoms with van der Waals surface area (Å²) in [6, 6.07) is 0. The number of hydrogen-bond donors (Lipinski definition) is 0. The normalized spacial score (nSPS) is 16.2. The first kappa shape index (κ1) is 11.7. The van der Waals surface area contributed by atoms with E-state index in [4.69, 9.17) is 19.4 Å². The molecular formula is C8H10Cl2Ru. The molecule has 64 valence electrons. The molecule has 0 saturated carbocycles. The fraction of sp³-hybridized carbons (Fsp3) is 0.500. The molecule has 0 heterocycles. The fourth-order valence-electron chi connectivity index (χ4n) is 0.719. The van der Waals surface area contributed by atoms with Gasteiger partial charge < -0.3 is 12.2 Å². The molecule has 0 nitrogen and oxygen atoms in total. The van der Waals surface area contributed by atoms with E-state index < -0.39 is 0 Å². The first-order valence-corrected chi connectivity index (χ1v) is 7.84. The van der Waals surface area contributed by atoms with Crippen molar-refractivity contribution in [1.29, 1.82) is 0 Å². The van der Waals surface area contributed by atoms with Crippen molar-refractivity contribution in [3.63, 3.8) is 0 Å². The predicted octanol–water partition coefficient (Wildman–Crippen LogP) is 3.66. The van der Waals surface area contributed by atoms with Gasteiger partial charge in [0.25, 0.3) is 0 Å². The van der Waals surface area contributed by atoms with Crippen molar-refractivity contribution < 1.29 is 15.1 Å². The van der Waals surface area contributed by atoms with Crippen molar-refractivity contribution in [3.05, 3.63) is 24.3 Å². The number of halogens is 2. The summed E-state index contributed by atoms with van der Waals surface area (Å²) in [5, 5.41) is 0. The number of rotatable bonds is 0. The van der Waals surface area contributed by atoms with Crippen LogP contribution < -0.4 is 0 Å². The number of hydrogen-bond acceptors (Lipinski definition) is 0. The maximum atomic E-state index is 4.85. The molecule has 0 N–H and O–H groups in total. The van der Waals surface area contributed by atoms with E-state index in [0.717, 1.165) is 25.7 Å². The molecule has 3 heteroatoms. The second kappa shape index (κ2) is 10.7. The first-order chi connectivity index (χ1) is 5.41.